The Morgan fingerprint density at radius 2 is 2.00 bits per heavy atom. The molecule has 0 amide bonds. The Kier molecular flexibility index (Phi) is 3.09. The molecule has 17 heavy (non-hydrogen) atoms. The highest BCUT2D eigenvalue weighted by atomic mass is 16.5. The van der Waals surface area contributed by atoms with Crippen molar-refractivity contribution in [3.05, 3.63) is 36.2 Å². The average molecular weight is 231 g/mol. The van der Waals surface area contributed by atoms with Crippen LogP contribution >= 0.6 is 0 Å². The lowest BCUT2D eigenvalue weighted by Gasteiger charge is -2.08. The zero-order valence-corrected chi connectivity index (χ0v) is 9.68. The molecule has 0 atom stereocenters. The number of nitrogens with two attached hydrogens (primary N) is 1. The smallest absolute Gasteiger partial charge is 0.246 e. The monoisotopic (exact) mass is 231 g/mol. The minimum absolute atomic E-state index is 0.315. The lowest BCUT2D eigenvalue weighted by Crippen LogP contribution is -1.97. The minimum Gasteiger partial charge on any atom is -0.481 e. The minimum atomic E-state index is 0.315. The summed E-state index contributed by atoms with van der Waals surface area (Å²) in [5, 5.41) is 0. The van der Waals surface area contributed by atoms with Gasteiger partial charge in [0.25, 0.3) is 0 Å². The molecular weight excluding hydrogens is 218 g/mol. The van der Waals surface area contributed by atoms with E-state index >= 15 is 0 Å². The third kappa shape index (κ3) is 2.63. The molecule has 0 saturated carbocycles. The molecule has 0 aromatic carbocycles. The van der Waals surface area contributed by atoms with Crippen LogP contribution in [0.25, 0.3) is 0 Å². The topological polar surface area (TPSA) is 70.3 Å². The van der Waals surface area contributed by atoms with Crippen molar-refractivity contribution in [1.29, 1.82) is 0 Å². The van der Waals surface area contributed by atoms with E-state index < -0.39 is 0 Å². The molecule has 0 spiro atoms. The maximum absolute atomic E-state index is 5.76. The van der Waals surface area contributed by atoms with Crippen molar-refractivity contribution in [3.8, 4) is 17.5 Å². The van der Waals surface area contributed by atoms with Crippen molar-refractivity contribution in [2.45, 2.75) is 6.92 Å². The number of aromatic nitrogens is 2. The van der Waals surface area contributed by atoms with Gasteiger partial charge in [0.2, 0.25) is 11.8 Å². The molecule has 5 heteroatoms. The zero-order valence-electron chi connectivity index (χ0n) is 9.68. The van der Waals surface area contributed by atoms with Gasteiger partial charge in [-0.1, -0.05) is 0 Å². The highest BCUT2D eigenvalue weighted by molar-refractivity contribution is 5.50. The fourth-order valence-corrected chi connectivity index (χ4v) is 1.26. The van der Waals surface area contributed by atoms with Crippen LogP contribution in [0.3, 0.4) is 0 Å². The van der Waals surface area contributed by atoms with Crippen LogP contribution in [0.1, 0.15) is 5.69 Å². The summed E-state index contributed by atoms with van der Waals surface area (Å²) in [6.45, 7) is 1.90. The molecule has 0 fully saturated rings. The quantitative estimate of drug-likeness (QED) is 0.876. The van der Waals surface area contributed by atoms with Crippen LogP contribution < -0.4 is 15.2 Å². The number of rotatable bonds is 3. The zero-order chi connectivity index (χ0) is 12.3. The molecule has 0 aliphatic rings. The van der Waals surface area contributed by atoms with Gasteiger partial charge in [-0.05, 0) is 25.1 Å². The van der Waals surface area contributed by atoms with Gasteiger partial charge >= 0.3 is 0 Å². The van der Waals surface area contributed by atoms with Gasteiger partial charge in [-0.25, -0.2) is 0 Å². The van der Waals surface area contributed by atoms with Crippen molar-refractivity contribution >= 4 is 5.69 Å². The highest BCUT2D eigenvalue weighted by Crippen LogP contribution is 2.26. The van der Waals surface area contributed by atoms with Crippen LogP contribution in [0.5, 0.6) is 17.5 Å². The summed E-state index contributed by atoms with van der Waals surface area (Å²) in [6.07, 6.45) is 1.62. The Bertz CT molecular complexity index is 512. The second kappa shape index (κ2) is 4.69. The molecule has 2 aromatic rings. The SMILES string of the molecule is COc1ccc(N)c(Oc2ccc(C)nc2)n1. The maximum atomic E-state index is 5.76. The van der Waals surface area contributed by atoms with E-state index in [9.17, 15) is 0 Å². The summed E-state index contributed by atoms with van der Waals surface area (Å²) in [6, 6.07) is 7.02. The van der Waals surface area contributed by atoms with E-state index in [1.807, 2.05) is 19.1 Å². The first-order valence-corrected chi connectivity index (χ1v) is 5.10. The lowest BCUT2D eigenvalue weighted by molar-refractivity contribution is 0.384. The van der Waals surface area contributed by atoms with Crippen LogP contribution in [0.2, 0.25) is 0 Å². The van der Waals surface area contributed by atoms with Gasteiger partial charge in [0.1, 0.15) is 5.75 Å². The van der Waals surface area contributed by atoms with Crippen molar-refractivity contribution in [2.24, 2.45) is 0 Å². The molecule has 0 aliphatic carbocycles. The van der Waals surface area contributed by atoms with E-state index in [2.05, 4.69) is 9.97 Å². The lowest BCUT2D eigenvalue weighted by atomic mass is 10.3. The second-order valence-electron chi connectivity index (χ2n) is 3.49. The average Bonchev–Trinajstić information content (AvgIpc) is 2.35. The van der Waals surface area contributed by atoms with Crippen LogP contribution in [0, 0.1) is 6.92 Å². The summed E-state index contributed by atoms with van der Waals surface area (Å²) in [7, 11) is 1.54. The van der Waals surface area contributed by atoms with E-state index in [-0.39, 0.29) is 0 Å². The predicted molar refractivity (Wildman–Crippen MR) is 64.2 cm³/mol. The summed E-state index contributed by atoms with van der Waals surface area (Å²) in [5.41, 5.74) is 7.13. The van der Waals surface area contributed by atoms with Crippen LogP contribution in [-0.2, 0) is 0 Å². The number of nitrogens with zero attached hydrogens (tertiary/aromatic N) is 2. The Hall–Kier alpha value is -2.30. The number of anilines is 1. The molecule has 0 aliphatic heterocycles. The van der Waals surface area contributed by atoms with Gasteiger partial charge in [0.15, 0.2) is 0 Å². The Morgan fingerprint density at radius 1 is 1.18 bits per heavy atom. The third-order valence-electron chi connectivity index (χ3n) is 2.17. The molecule has 2 aromatic heterocycles. The fraction of sp³-hybridized carbons (Fsp3) is 0.167. The number of methoxy groups -OCH3 is 1. The molecule has 88 valence electrons. The molecule has 0 unspecified atom stereocenters. The standard InChI is InChI=1S/C12H13N3O2/c1-8-3-4-9(7-14-8)17-12-10(13)5-6-11(15-12)16-2/h3-7H,13H2,1-2H3. The van der Waals surface area contributed by atoms with Gasteiger partial charge in [0.05, 0.1) is 19.0 Å². The number of hydrogen-bond donors (Lipinski definition) is 1. The first-order chi connectivity index (χ1) is 8.19. The summed E-state index contributed by atoms with van der Waals surface area (Å²) < 4.78 is 10.5. The van der Waals surface area contributed by atoms with Crippen LogP contribution in [-0.4, -0.2) is 17.1 Å². The van der Waals surface area contributed by atoms with E-state index in [4.69, 9.17) is 15.2 Å². The first-order valence-electron chi connectivity index (χ1n) is 5.10. The maximum Gasteiger partial charge on any atom is 0.246 e. The van der Waals surface area contributed by atoms with Gasteiger partial charge in [-0.2, -0.15) is 4.98 Å². The normalized spacial score (nSPS) is 10.0. The molecule has 2 heterocycles. The second-order valence-corrected chi connectivity index (χ2v) is 3.49. The van der Waals surface area contributed by atoms with Crippen molar-refractivity contribution < 1.29 is 9.47 Å². The summed E-state index contributed by atoms with van der Waals surface area (Å²) in [4.78, 5) is 8.23. The molecule has 0 bridgehead atoms. The number of aryl methyl sites for hydroxylation is 1. The van der Waals surface area contributed by atoms with Gasteiger partial charge in [-0.15, -0.1) is 0 Å². The number of pyridine rings is 2. The Morgan fingerprint density at radius 3 is 2.65 bits per heavy atom. The Labute approximate surface area is 99.2 Å². The van der Waals surface area contributed by atoms with Crippen molar-refractivity contribution in [2.75, 3.05) is 12.8 Å². The fourth-order valence-electron chi connectivity index (χ4n) is 1.26. The number of nitrogen functional groups attached to an aromatic ring is 1. The molecule has 2 rings (SSSR count). The van der Waals surface area contributed by atoms with E-state index in [0.29, 0.717) is 23.2 Å². The predicted octanol–water partition coefficient (Wildman–Crippen LogP) is 2.17. The number of hydrogen-bond acceptors (Lipinski definition) is 5. The largest absolute Gasteiger partial charge is 0.481 e. The van der Waals surface area contributed by atoms with Gasteiger partial charge in [0, 0.05) is 11.8 Å². The van der Waals surface area contributed by atoms with Gasteiger partial charge < -0.3 is 15.2 Å². The summed E-state index contributed by atoms with van der Waals surface area (Å²) in [5.74, 6) is 1.35. The van der Waals surface area contributed by atoms with Crippen molar-refractivity contribution in [1.82, 2.24) is 9.97 Å². The van der Waals surface area contributed by atoms with Gasteiger partial charge in [-0.3, -0.25) is 4.98 Å². The van der Waals surface area contributed by atoms with E-state index in [1.165, 1.54) is 7.11 Å². The molecule has 5 nitrogen and oxygen atoms in total. The number of ether oxygens (including phenoxy) is 2. The highest BCUT2D eigenvalue weighted by Gasteiger charge is 2.06. The Balaban J connectivity index is 2.25. The molecule has 0 saturated heterocycles. The van der Waals surface area contributed by atoms with Crippen molar-refractivity contribution in [3.63, 3.8) is 0 Å². The van der Waals surface area contributed by atoms with Crippen LogP contribution in [0.15, 0.2) is 30.5 Å². The summed E-state index contributed by atoms with van der Waals surface area (Å²) >= 11 is 0. The third-order valence-corrected chi connectivity index (χ3v) is 2.17. The molecule has 2 N–H and O–H groups in total. The first kappa shape index (κ1) is 11.2. The van der Waals surface area contributed by atoms with E-state index in [0.717, 1.165) is 5.69 Å². The molecule has 0 radical (unpaired) electrons. The van der Waals surface area contributed by atoms with Crippen LogP contribution in [0.4, 0.5) is 5.69 Å². The molecular formula is C12H13N3O2. The van der Waals surface area contributed by atoms with E-state index in [1.54, 1.807) is 18.3 Å².